The summed E-state index contributed by atoms with van der Waals surface area (Å²) in [4.78, 5) is 14.2. The van der Waals surface area contributed by atoms with E-state index in [2.05, 4.69) is 10.5 Å². The summed E-state index contributed by atoms with van der Waals surface area (Å²) < 4.78 is 4.95. The monoisotopic (exact) mass is 235 g/mol. The van der Waals surface area contributed by atoms with Gasteiger partial charge in [0.2, 0.25) is 0 Å². The van der Waals surface area contributed by atoms with Gasteiger partial charge in [-0.15, -0.1) is 0 Å². The zero-order chi connectivity index (χ0) is 11.8. The molecule has 3 heterocycles. The van der Waals surface area contributed by atoms with E-state index in [-0.39, 0.29) is 5.91 Å². The minimum atomic E-state index is 0.0677. The summed E-state index contributed by atoms with van der Waals surface area (Å²) in [5.74, 6) is 1.97. The van der Waals surface area contributed by atoms with Crippen molar-refractivity contribution < 1.29 is 9.32 Å². The van der Waals surface area contributed by atoms with Gasteiger partial charge in [-0.3, -0.25) is 4.79 Å². The highest BCUT2D eigenvalue weighted by atomic mass is 16.5. The molecular weight excluding hydrogens is 218 g/mol. The van der Waals surface area contributed by atoms with Gasteiger partial charge in [-0.2, -0.15) is 0 Å². The maximum atomic E-state index is 12.3. The van der Waals surface area contributed by atoms with Crippen LogP contribution >= 0.6 is 0 Å². The number of hydrogen-bond acceptors (Lipinski definition) is 4. The van der Waals surface area contributed by atoms with Gasteiger partial charge < -0.3 is 14.7 Å². The van der Waals surface area contributed by atoms with Crippen molar-refractivity contribution in [1.82, 2.24) is 15.4 Å². The molecule has 5 heteroatoms. The van der Waals surface area contributed by atoms with E-state index in [0.29, 0.717) is 23.2 Å². The van der Waals surface area contributed by atoms with Crippen LogP contribution in [0.25, 0.3) is 0 Å². The number of rotatable bonds is 1. The Morgan fingerprint density at radius 3 is 3.06 bits per heavy atom. The molecule has 1 aromatic heterocycles. The van der Waals surface area contributed by atoms with Gasteiger partial charge in [0, 0.05) is 13.1 Å². The molecule has 17 heavy (non-hydrogen) atoms. The molecule has 1 aromatic rings. The Kier molecular flexibility index (Phi) is 2.63. The molecule has 92 valence electrons. The SMILES string of the molecule is Cc1oncc1C(=O)N1CC2CCNCC2C1. The highest BCUT2D eigenvalue weighted by molar-refractivity contribution is 5.95. The van der Waals surface area contributed by atoms with Crippen LogP contribution in [-0.4, -0.2) is 42.1 Å². The fourth-order valence-corrected chi connectivity index (χ4v) is 2.91. The number of aromatic nitrogens is 1. The second-order valence-electron chi connectivity index (χ2n) is 5.02. The number of amides is 1. The van der Waals surface area contributed by atoms with Crippen molar-refractivity contribution in [1.29, 1.82) is 0 Å². The number of nitrogens with one attached hydrogen (secondary N) is 1. The molecule has 2 aliphatic rings. The van der Waals surface area contributed by atoms with Gasteiger partial charge in [0.1, 0.15) is 11.3 Å². The number of piperidine rings is 1. The van der Waals surface area contributed by atoms with E-state index >= 15 is 0 Å². The number of likely N-dealkylation sites (tertiary alicyclic amines) is 1. The first-order valence-electron chi connectivity index (χ1n) is 6.17. The highest BCUT2D eigenvalue weighted by Gasteiger charge is 2.37. The third-order valence-electron chi connectivity index (χ3n) is 3.94. The lowest BCUT2D eigenvalue weighted by Crippen LogP contribution is -2.35. The average Bonchev–Trinajstić information content (AvgIpc) is 2.93. The van der Waals surface area contributed by atoms with E-state index in [1.807, 2.05) is 4.90 Å². The molecule has 0 aliphatic carbocycles. The molecule has 2 fully saturated rings. The second kappa shape index (κ2) is 4.14. The van der Waals surface area contributed by atoms with Gasteiger partial charge in [0.05, 0.1) is 6.20 Å². The van der Waals surface area contributed by atoms with Gasteiger partial charge in [0.25, 0.3) is 5.91 Å². The predicted octanol–water partition coefficient (Wildman–Crippen LogP) is 0.665. The van der Waals surface area contributed by atoms with Crippen LogP contribution in [-0.2, 0) is 0 Å². The molecule has 0 bridgehead atoms. The van der Waals surface area contributed by atoms with Crippen LogP contribution in [0.4, 0.5) is 0 Å². The summed E-state index contributed by atoms with van der Waals surface area (Å²) >= 11 is 0. The van der Waals surface area contributed by atoms with Crippen LogP contribution in [0, 0.1) is 18.8 Å². The minimum absolute atomic E-state index is 0.0677. The third-order valence-corrected chi connectivity index (χ3v) is 3.94. The number of aryl methyl sites for hydroxylation is 1. The molecule has 0 spiro atoms. The van der Waals surface area contributed by atoms with E-state index in [0.717, 1.165) is 26.2 Å². The maximum absolute atomic E-state index is 12.3. The first kappa shape index (κ1) is 10.8. The number of fused-ring (bicyclic) bond motifs is 1. The lowest BCUT2D eigenvalue weighted by atomic mass is 9.90. The standard InChI is InChI=1S/C12H17N3O2/c1-8-11(5-14-17-8)12(16)15-6-9-2-3-13-4-10(9)7-15/h5,9-10,13H,2-4,6-7H2,1H3. The molecule has 1 N–H and O–H groups in total. The molecule has 0 radical (unpaired) electrons. The number of nitrogens with zero attached hydrogens (tertiary/aromatic N) is 2. The average molecular weight is 235 g/mol. The van der Waals surface area contributed by atoms with Crippen molar-refractivity contribution >= 4 is 5.91 Å². The molecule has 0 aromatic carbocycles. The van der Waals surface area contributed by atoms with E-state index < -0.39 is 0 Å². The first-order valence-corrected chi connectivity index (χ1v) is 6.17. The van der Waals surface area contributed by atoms with E-state index in [9.17, 15) is 4.79 Å². The smallest absolute Gasteiger partial charge is 0.259 e. The topological polar surface area (TPSA) is 58.4 Å². The summed E-state index contributed by atoms with van der Waals surface area (Å²) in [5, 5.41) is 7.06. The second-order valence-corrected chi connectivity index (χ2v) is 5.02. The Hall–Kier alpha value is -1.36. The van der Waals surface area contributed by atoms with Gasteiger partial charge in [-0.1, -0.05) is 5.16 Å². The van der Waals surface area contributed by atoms with Crippen LogP contribution in [0.2, 0.25) is 0 Å². The van der Waals surface area contributed by atoms with Gasteiger partial charge >= 0.3 is 0 Å². The molecule has 3 rings (SSSR count). The van der Waals surface area contributed by atoms with Crippen LogP contribution in [0.1, 0.15) is 22.5 Å². The Balaban J connectivity index is 1.74. The largest absolute Gasteiger partial charge is 0.361 e. The molecule has 2 atom stereocenters. The predicted molar refractivity (Wildman–Crippen MR) is 61.6 cm³/mol. The lowest BCUT2D eigenvalue weighted by molar-refractivity contribution is 0.0782. The van der Waals surface area contributed by atoms with Crippen molar-refractivity contribution in [3.8, 4) is 0 Å². The highest BCUT2D eigenvalue weighted by Crippen LogP contribution is 2.29. The van der Waals surface area contributed by atoms with E-state index in [1.54, 1.807) is 6.92 Å². The molecular formula is C12H17N3O2. The molecule has 2 saturated heterocycles. The van der Waals surface area contributed by atoms with Crippen LogP contribution in [0.5, 0.6) is 0 Å². The van der Waals surface area contributed by atoms with E-state index in [4.69, 9.17) is 4.52 Å². The quantitative estimate of drug-likeness (QED) is 0.777. The molecule has 2 aliphatic heterocycles. The number of carbonyl (C=O) groups is 1. The zero-order valence-electron chi connectivity index (χ0n) is 9.98. The van der Waals surface area contributed by atoms with Crippen LogP contribution in [0.15, 0.2) is 10.7 Å². The van der Waals surface area contributed by atoms with Gasteiger partial charge in [0.15, 0.2) is 0 Å². The summed E-state index contributed by atoms with van der Waals surface area (Å²) in [6, 6.07) is 0. The Bertz CT molecular complexity index is 415. The normalized spacial score (nSPS) is 28.2. The molecule has 0 saturated carbocycles. The summed E-state index contributed by atoms with van der Waals surface area (Å²) in [5.41, 5.74) is 0.608. The maximum Gasteiger partial charge on any atom is 0.259 e. The van der Waals surface area contributed by atoms with Crippen molar-refractivity contribution in [2.45, 2.75) is 13.3 Å². The zero-order valence-corrected chi connectivity index (χ0v) is 9.98. The van der Waals surface area contributed by atoms with Crippen molar-refractivity contribution in [3.05, 3.63) is 17.5 Å². The fraction of sp³-hybridized carbons (Fsp3) is 0.667. The Labute approximate surface area is 100 Å². The van der Waals surface area contributed by atoms with Gasteiger partial charge in [-0.05, 0) is 38.3 Å². The van der Waals surface area contributed by atoms with Crippen LogP contribution in [0.3, 0.4) is 0 Å². The van der Waals surface area contributed by atoms with Gasteiger partial charge in [-0.25, -0.2) is 0 Å². The Morgan fingerprint density at radius 1 is 1.53 bits per heavy atom. The number of carbonyl (C=O) groups excluding carboxylic acids is 1. The van der Waals surface area contributed by atoms with Crippen LogP contribution < -0.4 is 5.32 Å². The fourth-order valence-electron chi connectivity index (χ4n) is 2.91. The summed E-state index contributed by atoms with van der Waals surface area (Å²) in [6.07, 6.45) is 2.70. The number of hydrogen-bond donors (Lipinski definition) is 1. The first-order chi connectivity index (χ1) is 8.25. The van der Waals surface area contributed by atoms with E-state index in [1.165, 1.54) is 12.6 Å². The molecule has 1 amide bonds. The molecule has 2 unspecified atom stereocenters. The van der Waals surface area contributed by atoms with Crippen molar-refractivity contribution in [2.24, 2.45) is 11.8 Å². The lowest BCUT2D eigenvalue weighted by Gasteiger charge is -2.23. The summed E-state index contributed by atoms with van der Waals surface area (Å²) in [6.45, 7) is 5.65. The summed E-state index contributed by atoms with van der Waals surface area (Å²) in [7, 11) is 0. The third kappa shape index (κ3) is 1.84. The van der Waals surface area contributed by atoms with Crippen molar-refractivity contribution in [3.63, 3.8) is 0 Å². The van der Waals surface area contributed by atoms with Crippen molar-refractivity contribution in [2.75, 3.05) is 26.2 Å². The molecule has 5 nitrogen and oxygen atoms in total. The minimum Gasteiger partial charge on any atom is -0.361 e. The Morgan fingerprint density at radius 2 is 2.35 bits per heavy atom.